The molecule has 6 heteroatoms. The van der Waals surface area contributed by atoms with Gasteiger partial charge in [-0.2, -0.15) is 0 Å². The van der Waals surface area contributed by atoms with Crippen molar-refractivity contribution in [2.75, 3.05) is 19.7 Å². The summed E-state index contributed by atoms with van der Waals surface area (Å²) in [6.45, 7) is 2.46. The van der Waals surface area contributed by atoms with Gasteiger partial charge in [0.2, 0.25) is 0 Å². The van der Waals surface area contributed by atoms with Crippen molar-refractivity contribution in [3.8, 4) is 0 Å². The molecule has 4 nitrogen and oxygen atoms in total. The fourth-order valence-electron chi connectivity index (χ4n) is 2.15. The van der Waals surface area contributed by atoms with Crippen LogP contribution in [0.5, 0.6) is 0 Å². The fraction of sp³-hybridized carbons (Fsp3) is 0.462. The summed E-state index contributed by atoms with van der Waals surface area (Å²) in [7, 11) is 0. The average molecular weight is 304 g/mol. The number of benzene rings is 1. The number of halogens is 2. The minimum atomic E-state index is -0.845. The summed E-state index contributed by atoms with van der Waals surface area (Å²) in [6.07, 6.45) is -0.250. The normalized spacial score (nSPS) is 20.4. The average Bonchev–Trinajstić information content (AvgIpc) is 2.34. The maximum absolute atomic E-state index is 10.7. The summed E-state index contributed by atoms with van der Waals surface area (Å²) in [6, 6.07) is 5.41. The van der Waals surface area contributed by atoms with Crippen LogP contribution in [-0.4, -0.2) is 41.8 Å². The third kappa shape index (κ3) is 4.08. The molecule has 1 unspecified atom stereocenters. The Morgan fingerprint density at radius 2 is 2.11 bits per heavy atom. The largest absolute Gasteiger partial charge is 0.481 e. The van der Waals surface area contributed by atoms with E-state index in [0.717, 1.165) is 12.1 Å². The highest BCUT2D eigenvalue weighted by Crippen LogP contribution is 2.26. The van der Waals surface area contributed by atoms with E-state index in [4.69, 9.17) is 33.0 Å². The summed E-state index contributed by atoms with van der Waals surface area (Å²) in [5, 5.41) is 10.1. The second-order valence-corrected chi connectivity index (χ2v) is 5.34. The van der Waals surface area contributed by atoms with E-state index < -0.39 is 5.97 Å². The third-order valence-electron chi connectivity index (χ3n) is 3.07. The quantitative estimate of drug-likeness (QED) is 0.929. The molecule has 0 radical (unpaired) electrons. The SMILES string of the molecule is O=C(O)CC1CN(Cc2c(Cl)cccc2Cl)CCO1. The highest BCUT2D eigenvalue weighted by Gasteiger charge is 2.23. The summed E-state index contributed by atoms with van der Waals surface area (Å²) >= 11 is 12.3. The molecule has 1 atom stereocenters. The zero-order valence-electron chi connectivity index (χ0n) is 10.3. The van der Waals surface area contributed by atoms with Crippen LogP contribution in [0.2, 0.25) is 10.0 Å². The second kappa shape index (κ2) is 6.57. The van der Waals surface area contributed by atoms with E-state index in [2.05, 4.69) is 4.90 Å². The van der Waals surface area contributed by atoms with Gasteiger partial charge in [-0.1, -0.05) is 29.3 Å². The third-order valence-corrected chi connectivity index (χ3v) is 3.78. The lowest BCUT2D eigenvalue weighted by molar-refractivity contribution is -0.142. The molecule has 0 bridgehead atoms. The van der Waals surface area contributed by atoms with Gasteiger partial charge in [-0.25, -0.2) is 0 Å². The molecule has 0 spiro atoms. The van der Waals surface area contributed by atoms with Crippen LogP contribution < -0.4 is 0 Å². The first kappa shape index (κ1) is 14.6. The number of carboxylic acids is 1. The molecule has 1 aromatic carbocycles. The van der Waals surface area contributed by atoms with Gasteiger partial charge in [-0.15, -0.1) is 0 Å². The van der Waals surface area contributed by atoms with Crippen LogP contribution in [0.15, 0.2) is 18.2 Å². The number of carboxylic acid groups (broad SMARTS) is 1. The molecule has 1 fully saturated rings. The van der Waals surface area contributed by atoms with Gasteiger partial charge < -0.3 is 9.84 Å². The molecule has 19 heavy (non-hydrogen) atoms. The molecule has 1 heterocycles. The molecular formula is C13H15Cl2NO3. The molecule has 1 N–H and O–H groups in total. The molecule has 1 saturated heterocycles. The van der Waals surface area contributed by atoms with E-state index in [-0.39, 0.29) is 12.5 Å². The zero-order valence-corrected chi connectivity index (χ0v) is 11.8. The van der Waals surface area contributed by atoms with Crippen LogP contribution in [-0.2, 0) is 16.1 Å². The van der Waals surface area contributed by atoms with E-state index >= 15 is 0 Å². The number of rotatable bonds is 4. The van der Waals surface area contributed by atoms with Crippen molar-refractivity contribution in [3.05, 3.63) is 33.8 Å². The molecule has 0 amide bonds. The number of hydrogen-bond donors (Lipinski definition) is 1. The van der Waals surface area contributed by atoms with Crippen LogP contribution >= 0.6 is 23.2 Å². The first-order chi connectivity index (χ1) is 9.06. The Morgan fingerprint density at radius 3 is 2.74 bits per heavy atom. The molecule has 0 aliphatic carbocycles. The first-order valence-corrected chi connectivity index (χ1v) is 6.80. The maximum atomic E-state index is 10.7. The summed E-state index contributed by atoms with van der Waals surface area (Å²) < 4.78 is 5.43. The van der Waals surface area contributed by atoms with Crippen molar-refractivity contribution >= 4 is 29.2 Å². The first-order valence-electron chi connectivity index (χ1n) is 6.05. The summed E-state index contributed by atoms with van der Waals surface area (Å²) in [5.41, 5.74) is 0.877. The van der Waals surface area contributed by atoms with Crippen LogP contribution in [0.25, 0.3) is 0 Å². The minimum Gasteiger partial charge on any atom is -0.481 e. The van der Waals surface area contributed by atoms with Crippen LogP contribution in [0.1, 0.15) is 12.0 Å². The number of morpholine rings is 1. The monoisotopic (exact) mass is 303 g/mol. The molecule has 104 valence electrons. The number of aliphatic carboxylic acids is 1. The van der Waals surface area contributed by atoms with Crippen molar-refractivity contribution < 1.29 is 14.6 Å². The van der Waals surface area contributed by atoms with Gasteiger partial charge in [0.1, 0.15) is 0 Å². The lowest BCUT2D eigenvalue weighted by atomic mass is 10.1. The van der Waals surface area contributed by atoms with Gasteiger partial charge in [-0.05, 0) is 12.1 Å². The predicted octanol–water partition coefficient (Wildman–Crippen LogP) is 2.67. The number of hydrogen-bond acceptors (Lipinski definition) is 3. The van der Waals surface area contributed by atoms with E-state index in [1.807, 2.05) is 0 Å². The van der Waals surface area contributed by atoms with Gasteiger partial charge in [0.05, 0.1) is 19.1 Å². The van der Waals surface area contributed by atoms with Gasteiger partial charge in [0, 0.05) is 35.2 Å². The van der Waals surface area contributed by atoms with Crippen molar-refractivity contribution in [3.63, 3.8) is 0 Å². The smallest absolute Gasteiger partial charge is 0.306 e. The van der Waals surface area contributed by atoms with Crippen molar-refractivity contribution in [2.24, 2.45) is 0 Å². The van der Waals surface area contributed by atoms with Crippen molar-refractivity contribution in [2.45, 2.75) is 19.1 Å². The molecule has 0 aromatic heterocycles. The topological polar surface area (TPSA) is 49.8 Å². The van der Waals surface area contributed by atoms with Crippen LogP contribution in [0.3, 0.4) is 0 Å². The molecule has 0 saturated carbocycles. The Kier molecular flexibility index (Phi) is 5.05. The standard InChI is InChI=1S/C13H15Cl2NO3/c14-11-2-1-3-12(15)10(11)8-16-4-5-19-9(7-16)6-13(17)18/h1-3,9H,4-8H2,(H,17,18). The Labute approximate surface area is 121 Å². The van der Waals surface area contributed by atoms with Gasteiger partial charge in [0.25, 0.3) is 0 Å². The Hall–Kier alpha value is -0.810. The van der Waals surface area contributed by atoms with E-state index in [9.17, 15) is 4.79 Å². The molecule has 1 aliphatic heterocycles. The van der Waals surface area contributed by atoms with Gasteiger partial charge in [0.15, 0.2) is 0 Å². The minimum absolute atomic E-state index is 0.0206. The number of carbonyl (C=O) groups is 1. The van der Waals surface area contributed by atoms with Gasteiger partial charge in [-0.3, -0.25) is 9.69 Å². The van der Waals surface area contributed by atoms with E-state index in [0.29, 0.717) is 29.7 Å². The summed E-state index contributed by atoms with van der Waals surface area (Å²) in [4.78, 5) is 12.8. The van der Waals surface area contributed by atoms with Crippen LogP contribution in [0, 0.1) is 0 Å². The fourth-order valence-corrected chi connectivity index (χ4v) is 2.67. The van der Waals surface area contributed by atoms with E-state index in [1.54, 1.807) is 18.2 Å². The van der Waals surface area contributed by atoms with Crippen LogP contribution in [0.4, 0.5) is 0 Å². The molecule has 1 aliphatic rings. The lowest BCUT2D eigenvalue weighted by Gasteiger charge is -2.32. The van der Waals surface area contributed by atoms with Crippen molar-refractivity contribution in [1.29, 1.82) is 0 Å². The second-order valence-electron chi connectivity index (χ2n) is 4.53. The predicted molar refractivity (Wildman–Crippen MR) is 73.7 cm³/mol. The molecular weight excluding hydrogens is 289 g/mol. The van der Waals surface area contributed by atoms with Gasteiger partial charge >= 0.3 is 5.97 Å². The summed E-state index contributed by atoms with van der Waals surface area (Å²) in [5.74, 6) is -0.845. The molecule has 2 rings (SSSR count). The lowest BCUT2D eigenvalue weighted by Crippen LogP contribution is -2.42. The number of ether oxygens (including phenoxy) is 1. The highest BCUT2D eigenvalue weighted by atomic mass is 35.5. The number of nitrogens with zero attached hydrogens (tertiary/aromatic N) is 1. The Morgan fingerprint density at radius 1 is 1.42 bits per heavy atom. The molecule has 1 aromatic rings. The van der Waals surface area contributed by atoms with E-state index in [1.165, 1.54) is 0 Å². The van der Waals surface area contributed by atoms with Crippen molar-refractivity contribution in [1.82, 2.24) is 4.90 Å². The Bertz CT molecular complexity index is 447. The maximum Gasteiger partial charge on any atom is 0.306 e. The zero-order chi connectivity index (χ0) is 13.8. The highest BCUT2D eigenvalue weighted by molar-refractivity contribution is 6.35. The Balaban J connectivity index is 2.01.